The highest BCUT2D eigenvalue weighted by Crippen LogP contribution is 2.32. The molecule has 0 unspecified atom stereocenters. The van der Waals surface area contributed by atoms with Gasteiger partial charge in [-0.1, -0.05) is 39.3 Å². The number of benzene rings is 1. The van der Waals surface area contributed by atoms with Crippen LogP contribution in [0.4, 0.5) is 20.2 Å². The zero-order chi connectivity index (χ0) is 28.7. The minimum atomic E-state index is -2.89. The van der Waals surface area contributed by atoms with E-state index < -0.39 is 23.9 Å². The number of nitrogens with one attached hydrogen (secondary N) is 2. The number of carbonyl (C=O) groups excluding carboxylic acids is 3. The molecule has 3 rings (SSSR count). The molecular formula is C27H35ClF2N4O4S. The van der Waals surface area contributed by atoms with Gasteiger partial charge in [0.1, 0.15) is 12.6 Å². The average Bonchev–Trinajstić information content (AvgIpc) is 3.30. The number of halogens is 3. The minimum Gasteiger partial charge on any atom is -0.370 e. The number of nitrogens with zero attached hydrogens (tertiary/aromatic N) is 2. The van der Waals surface area contributed by atoms with Crippen LogP contribution in [-0.4, -0.2) is 68.1 Å². The van der Waals surface area contributed by atoms with E-state index in [1.807, 2.05) is 32.6 Å². The largest absolute Gasteiger partial charge is 0.370 e. The van der Waals surface area contributed by atoms with Gasteiger partial charge < -0.3 is 20.3 Å². The molecule has 8 nitrogen and oxygen atoms in total. The van der Waals surface area contributed by atoms with Crippen molar-refractivity contribution in [1.29, 1.82) is 0 Å². The molecule has 1 aromatic heterocycles. The van der Waals surface area contributed by atoms with Crippen molar-refractivity contribution in [3.63, 3.8) is 0 Å². The van der Waals surface area contributed by atoms with Crippen LogP contribution in [-0.2, 0) is 14.3 Å². The first-order chi connectivity index (χ1) is 18.5. The van der Waals surface area contributed by atoms with Gasteiger partial charge in [0, 0.05) is 43.1 Å². The second-order valence-electron chi connectivity index (χ2n) is 10.2. The molecule has 1 fully saturated rings. The highest BCUT2D eigenvalue weighted by Gasteiger charge is 2.30. The van der Waals surface area contributed by atoms with Crippen molar-refractivity contribution in [2.45, 2.75) is 40.2 Å². The Labute approximate surface area is 236 Å². The van der Waals surface area contributed by atoms with E-state index in [0.29, 0.717) is 34.6 Å². The van der Waals surface area contributed by atoms with Crippen molar-refractivity contribution in [3.8, 4) is 0 Å². The number of amides is 3. The number of carbonyl (C=O) groups is 3. The van der Waals surface area contributed by atoms with Crippen molar-refractivity contribution in [1.82, 2.24) is 10.2 Å². The van der Waals surface area contributed by atoms with Crippen molar-refractivity contribution in [2.24, 2.45) is 11.8 Å². The normalized spacial score (nSPS) is 14.9. The van der Waals surface area contributed by atoms with Crippen LogP contribution in [0.15, 0.2) is 30.3 Å². The molecule has 0 saturated carbocycles. The van der Waals surface area contributed by atoms with Gasteiger partial charge in [0.05, 0.1) is 15.8 Å². The Morgan fingerprint density at radius 2 is 1.82 bits per heavy atom. The summed E-state index contributed by atoms with van der Waals surface area (Å²) in [7, 11) is 0. The number of alkyl halides is 2. The van der Waals surface area contributed by atoms with Crippen molar-refractivity contribution >= 4 is 52.0 Å². The maximum Gasteiger partial charge on any atom is 0.265 e. The van der Waals surface area contributed by atoms with E-state index in [1.165, 1.54) is 23.1 Å². The van der Waals surface area contributed by atoms with Gasteiger partial charge in [0.15, 0.2) is 0 Å². The number of ether oxygens (including phenoxy) is 1. The zero-order valence-corrected chi connectivity index (χ0v) is 24.1. The Morgan fingerprint density at radius 1 is 1.13 bits per heavy atom. The van der Waals surface area contributed by atoms with E-state index in [1.54, 1.807) is 12.1 Å². The summed E-state index contributed by atoms with van der Waals surface area (Å²) in [6.45, 7) is 9.64. The van der Waals surface area contributed by atoms with Crippen molar-refractivity contribution in [2.75, 3.05) is 49.6 Å². The summed E-state index contributed by atoms with van der Waals surface area (Å²) in [4.78, 5) is 42.3. The highest BCUT2D eigenvalue weighted by molar-refractivity contribution is 7.18. The topological polar surface area (TPSA) is 91.0 Å². The van der Waals surface area contributed by atoms with Crippen LogP contribution in [0.2, 0.25) is 4.34 Å². The van der Waals surface area contributed by atoms with E-state index in [0.717, 1.165) is 11.3 Å². The number of thiophene rings is 1. The average molecular weight is 585 g/mol. The molecule has 12 heteroatoms. The third-order valence-electron chi connectivity index (χ3n) is 6.02. The molecular weight excluding hydrogens is 550 g/mol. The van der Waals surface area contributed by atoms with Gasteiger partial charge in [0.25, 0.3) is 18.2 Å². The van der Waals surface area contributed by atoms with Gasteiger partial charge in [-0.15, -0.1) is 11.3 Å². The molecule has 214 valence electrons. The van der Waals surface area contributed by atoms with Gasteiger partial charge in [-0.3, -0.25) is 19.3 Å². The smallest absolute Gasteiger partial charge is 0.265 e. The Balaban J connectivity index is 1.87. The summed E-state index contributed by atoms with van der Waals surface area (Å²) >= 11 is 7.09. The maximum absolute atomic E-state index is 14.1. The summed E-state index contributed by atoms with van der Waals surface area (Å²) in [6.07, 6.45) is -2.89. The predicted molar refractivity (Wildman–Crippen MR) is 150 cm³/mol. The molecule has 2 heterocycles. The Kier molecular flexibility index (Phi) is 11.2. The predicted octanol–water partition coefficient (Wildman–Crippen LogP) is 5.05. The van der Waals surface area contributed by atoms with Crippen molar-refractivity contribution < 1.29 is 27.9 Å². The molecule has 1 aliphatic heterocycles. The first-order valence-corrected chi connectivity index (χ1v) is 14.0. The van der Waals surface area contributed by atoms with E-state index >= 15 is 0 Å². The number of morpholine rings is 1. The van der Waals surface area contributed by atoms with E-state index in [2.05, 4.69) is 10.6 Å². The van der Waals surface area contributed by atoms with Crippen LogP contribution in [0, 0.1) is 11.8 Å². The molecule has 1 atom stereocenters. The Morgan fingerprint density at radius 3 is 2.38 bits per heavy atom. The molecule has 2 aromatic rings. The van der Waals surface area contributed by atoms with Crippen LogP contribution in [0.25, 0.3) is 0 Å². The van der Waals surface area contributed by atoms with Crippen LogP contribution in [0.5, 0.6) is 0 Å². The fourth-order valence-corrected chi connectivity index (χ4v) is 5.35. The molecule has 0 radical (unpaired) electrons. The molecule has 39 heavy (non-hydrogen) atoms. The summed E-state index contributed by atoms with van der Waals surface area (Å²) in [6, 6.07) is 6.54. The standard InChI is InChI=1S/C27H35ClF2N4O4S/c1-16(2)13-33(14-17(3)4)21(12-31-27(37)22-7-8-23(28)39-22)26(36)32-20-6-5-18(11-19(20)25(29)30)34-9-10-38-15-24(34)35/h5-8,11,16-17,21,25H,9-10,12-15H2,1-4H3,(H,31,37)(H,32,36)/t21-/m1/s1. The monoisotopic (exact) mass is 584 g/mol. The van der Waals surface area contributed by atoms with Crippen LogP contribution >= 0.6 is 22.9 Å². The lowest BCUT2D eigenvalue weighted by Gasteiger charge is -2.33. The molecule has 1 aromatic carbocycles. The lowest BCUT2D eigenvalue weighted by Crippen LogP contribution is -2.52. The summed E-state index contributed by atoms with van der Waals surface area (Å²) in [5.74, 6) is -0.774. The maximum atomic E-state index is 14.1. The first-order valence-electron chi connectivity index (χ1n) is 12.8. The van der Waals surface area contributed by atoms with Gasteiger partial charge in [-0.25, -0.2) is 8.78 Å². The SMILES string of the molecule is CC(C)CN(CC(C)C)[C@H](CNC(=O)c1ccc(Cl)s1)C(=O)Nc1ccc(N2CCOCC2=O)cc1C(F)F. The number of anilines is 2. The fourth-order valence-electron chi connectivity index (χ4n) is 4.39. The summed E-state index contributed by atoms with van der Waals surface area (Å²) in [5, 5.41) is 5.48. The Hall–Kier alpha value is -2.60. The van der Waals surface area contributed by atoms with Crippen LogP contribution in [0.1, 0.15) is 49.4 Å². The Bertz CT molecular complexity index is 1150. The van der Waals surface area contributed by atoms with E-state index in [9.17, 15) is 23.2 Å². The number of hydrogen-bond donors (Lipinski definition) is 2. The molecule has 2 N–H and O–H groups in total. The fraction of sp³-hybridized carbons (Fsp3) is 0.519. The third-order valence-corrected chi connectivity index (χ3v) is 7.25. The van der Waals surface area contributed by atoms with Crippen molar-refractivity contribution in [3.05, 3.63) is 45.1 Å². The van der Waals surface area contributed by atoms with Crippen LogP contribution < -0.4 is 15.5 Å². The zero-order valence-electron chi connectivity index (χ0n) is 22.5. The molecule has 1 aliphatic rings. The summed E-state index contributed by atoms with van der Waals surface area (Å²) in [5.41, 5.74) is -0.124. The van der Waals surface area contributed by atoms with E-state index in [4.69, 9.17) is 16.3 Å². The van der Waals surface area contributed by atoms with Gasteiger partial charge in [-0.05, 0) is 42.2 Å². The number of hydrogen-bond acceptors (Lipinski definition) is 6. The van der Waals surface area contributed by atoms with Gasteiger partial charge in [0.2, 0.25) is 5.91 Å². The first kappa shape index (κ1) is 30.9. The molecule has 0 aliphatic carbocycles. The van der Waals surface area contributed by atoms with Gasteiger partial charge in [-0.2, -0.15) is 0 Å². The molecule has 3 amide bonds. The summed E-state index contributed by atoms with van der Waals surface area (Å²) < 4.78 is 33.8. The molecule has 1 saturated heterocycles. The second-order valence-corrected chi connectivity index (χ2v) is 11.9. The minimum absolute atomic E-state index is 0.0238. The lowest BCUT2D eigenvalue weighted by molar-refractivity contribution is -0.125. The second kappa shape index (κ2) is 14.2. The number of rotatable bonds is 12. The quantitative estimate of drug-likeness (QED) is 0.364. The third kappa shape index (κ3) is 8.69. The van der Waals surface area contributed by atoms with Crippen LogP contribution in [0.3, 0.4) is 0 Å². The lowest BCUT2D eigenvalue weighted by atomic mass is 10.1. The molecule has 0 spiro atoms. The van der Waals surface area contributed by atoms with E-state index in [-0.39, 0.29) is 49.0 Å². The molecule has 0 bridgehead atoms. The van der Waals surface area contributed by atoms with Gasteiger partial charge >= 0.3 is 0 Å². The highest BCUT2D eigenvalue weighted by atomic mass is 35.5.